The van der Waals surface area contributed by atoms with Gasteiger partial charge in [0, 0.05) is 34.6 Å². The van der Waals surface area contributed by atoms with E-state index in [1.54, 1.807) is 24.5 Å². The first-order valence-electron chi connectivity index (χ1n) is 9.54. The molecule has 2 aromatic heterocycles. The molecule has 2 aromatic carbocycles. The van der Waals surface area contributed by atoms with E-state index in [4.69, 9.17) is 9.82 Å². The molecule has 30 heavy (non-hydrogen) atoms. The lowest BCUT2D eigenvalue weighted by Gasteiger charge is -2.03. The van der Waals surface area contributed by atoms with Crippen LogP contribution in [0.25, 0.3) is 33.9 Å². The molecular weight excluding hydrogens is 381 g/mol. The Hall–Kier alpha value is -3.84. The fraction of sp³-hybridized carbons (Fsp3) is 0.0870. The number of nitrogens with one attached hydrogen (secondary N) is 2. The van der Waals surface area contributed by atoms with Gasteiger partial charge < -0.3 is 4.98 Å². The van der Waals surface area contributed by atoms with Gasteiger partial charge in [-0.15, -0.1) is 0 Å². The average Bonchev–Trinajstić information content (AvgIpc) is 3.42. The Balaban J connectivity index is 1.62. The summed E-state index contributed by atoms with van der Waals surface area (Å²) in [4.78, 5) is 22.1. The van der Waals surface area contributed by atoms with Crippen molar-refractivity contribution in [2.75, 3.05) is 0 Å². The van der Waals surface area contributed by atoms with E-state index in [9.17, 15) is 4.39 Å². The lowest BCUT2D eigenvalue weighted by atomic mass is 10.1. The number of nitrogens with zero attached hydrogens (tertiary/aromatic N) is 3. The molecule has 0 radical (unpaired) electrons. The van der Waals surface area contributed by atoms with Gasteiger partial charge in [0.2, 0.25) is 0 Å². The van der Waals surface area contributed by atoms with Crippen molar-refractivity contribution in [2.24, 2.45) is 4.99 Å². The first-order chi connectivity index (χ1) is 14.7. The number of aromatic nitrogens is 3. The number of aromatic amines is 1. The SMILES string of the molecule is CC1N=C(c2cccc(-c3nc(-c4ccc(F)cc4)c(-c4ccncc4)[nH]3)c2)NO1. The number of halogens is 1. The molecule has 0 spiro atoms. The summed E-state index contributed by atoms with van der Waals surface area (Å²) < 4.78 is 13.5. The van der Waals surface area contributed by atoms with Gasteiger partial charge in [0.25, 0.3) is 0 Å². The zero-order valence-electron chi connectivity index (χ0n) is 16.1. The first kappa shape index (κ1) is 18.2. The van der Waals surface area contributed by atoms with Crippen LogP contribution in [-0.2, 0) is 4.84 Å². The molecule has 1 aliphatic heterocycles. The van der Waals surface area contributed by atoms with Crippen LogP contribution in [0.3, 0.4) is 0 Å². The Morgan fingerprint density at radius 1 is 0.900 bits per heavy atom. The van der Waals surface area contributed by atoms with Gasteiger partial charge in [-0.2, -0.15) is 0 Å². The normalized spacial score (nSPS) is 15.7. The minimum absolute atomic E-state index is 0.226. The second kappa shape index (κ2) is 7.53. The van der Waals surface area contributed by atoms with E-state index in [-0.39, 0.29) is 12.0 Å². The molecule has 0 fully saturated rings. The summed E-state index contributed by atoms with van der Waals surface area (Å²) in [6.45, 7) is 1.87. The number of hydrogen-bond donors (Lipinski definition) is 2. The molecule has 0 saturated heterocycles. The average molecular weight is 399 g/mol. The van der Waals surface area contributed by atoms with Crippen LogP contribution < -0.4 is 5.48 Å². The van der Waals surface area contributed by atoms with E-state index in [1.165, 1.54) is 12.1 Å². The van der Waals surface area contributed by atoms with Crippen molar-refractivity contribution < 1.29 is 9.23 Å². The van der Waals surface area contributed by atoms with Gasteiger partial charge in [0.15, 0.2) is 12.1 Å². The van der Waals surface area contributed by atoms with Crippen molar-refractivity contribution in [1.29, 1.82) is 0 Å². The highest BCUT2D eigenvalue weighted by Crippen LogP contribution is 2.33. The number of amidine groups is 1. The van der Waals surface area contributed by atoms with Gasteiger partial charge >= 0.3 is 0 Å². The van der Waals surface area contributed by atoms with Gasteiger partial charge in [-0.3, -0.25) is 4.98 Å². The molecule has 1 unspecified atom stereocenters. The van der Waals surface area contributed by atoms with E-state index in [1.807, 2.05) is 43.3 Å². The molecule has 148 valence electrons. The maximum absolute atomic E-state index is 13.5. The third-order valence-electron chi connectivity index (χ3n) is 4.84. The predicted molar refractivity (Wildman–Crippen MR) is 113 cm³/mol. The van der Waals surface area contributed by atoms with Crippen LogP contribution in [-0.4, -0.2) is 27.0 Å². The molecule has 0 amide bonds. The molecule has 2 N–H and O–H groups in total. The molecule has 0 saturated carbocycles. The van der Waals surface area contributed by atoms with Crippen LogP contribution in [0.1, 0.15) is 12.5 Å². The van der Waals surface area contributed by atoms with E-state index >= 15 is 0 Å². The van der Waals surface area contributed by atoms with Crippen molar-refractivity contribution in [2.45, 2.75) is 13.2 Å². The number of imidazole rings is 1. The molecule has 1 aliphatic rings. The second-order valence-corrected chi connectivity index (χ2v) is 6.93. The lowest BCUT2D eigenvalue weighted by Crippen LogP contribution is -2.18. The molecule has 7 heteroatoms. The largest absolute Gasteiger partial charge is 0.337 e. The molecule has 6 nitrogen and oxygen atoms in total. The molecule has 0 bridgehead atoms. The highest BCUT2D eigenvalue weighted by atomic mass is 19.1. The summed E-state index contributed by atoms with van der Waals surface area (Å²) in [5.74, 6) is 1.11. The number of hydroxylamine groups is 1. The zero-order valence-corrected chi connectivity index (χ0v) is 16.1. The van der Waals surface area contributed by atoms with E-state index in [0.717, 1.165) is 33.6 Å². The number of pyridine rings is 1. The van der Waals surface area contributed by atoms with Gasteiger partial charge in [0.05, 0.1) is 11.4 Å². The van der Waals surface area contributed by atoms with Crippen LogP contribution in [0.15, 0.2) is 78.0 Å². The van der Waals surface area contributed by atoms with Crippen LogP contribution >= 0.6 is 0 Å². The third kappa shape index (κ3) is 3.46. The van der Waals surface area contributed by atoms with Gasteiger partial charge in [0.1, 0.15) is 11.6 Å². The summed E-state index contributed by atoms with van der Waals surface area (Å²) in [7, 11) is 0. The fourth-order valence-electron chi connectivity index (χ4n) is 3.38. The topological polar surface area (TPSA) is 75.2 Å². The minimum Gasteiger partial charge on any atom is -0.337 e. The first-order valence-corrected chi connectivity index (χ1v) is 9.54. The fourth-order valence-corrected chi connectivity index (χ4v) is 3.38. The Morgan fingerprint density at radius 3 is 2.40 bits per heavy atom. The summed E-state index contributed by atoms with van der Waals surface area (Å²) in [5, 5.41) is 0. The van der Waals surface area contributed by atoms with Crippen molar-refractivity contribution in [3.05, 3.63) is 84.4 Å². The Morgan fingerprint density at radius 2 is 1.67 bits per heavy atom. The monoisotopic (exact) mass is 399 g/mol. The van der Waals surface area contributed by atoms with Gasteiger partial charge in [-0.1, -0.05) is 18.2 Å². The molecule has 3 heterocycles. The van der Waals surface area contributed by atoms with Crippen molar-refractivity contribution in [3.63, 3.8) is 0 Å². The minimum atomic E-state index is -0.283. The highest BCUT2D eigenvalue weighted by molar-refractivity contribution is 5.99. The standard InChI is InChI=1S/C23H18FN5O/c1-14-26-23(29-30-14)18-4-2-3-17(13-18)22-27-20(15-5-7-19(24)8-6-15)21(28-22)16-9-11-25-12-10-16/h2-14H,1H3,(H,26,29)(H,27,28). The molecule has 1 atom stereocenters. The highest BCUT2D eigenvalue weighted by Gasteiger charge is 2.18. The number of H-pyrrole nitrogens is 1. The summed E-state index contributed by atoms with van der Waals surface area (Å²) >= 11 is 0. The summed E-state index contributed by atoms with van der Waals surface area (Å²) in [6.07, 6.45) is 3.24. The smallest absolute Gasteiger partial charge is 0.174 e. The Bertz CT molecular complexity index is 1220. The van der Waals surface area contributed by atoms with Crippen LogP contribution in [0, 0.1) is 5.82 Å². The third-order valence-corrected chi connectivity index (χ3v) is 4.84. The molecule has 4 aromatic rings. The maximum atomic E-state index is 13.5. The van der Waals surface area contributed by atoms with E-state index in [2.05, 4.69) is 20.4 Å². The van der Waals surface area contributed by atoms with Crippen molar-refractivity contribution in [3.8, 4) is 33.9 Å². The maximum Gasteiger partial charge on any atom is 0.174 e. The number of hydrogen-bond acceptors (Lipinski definition) is 5. The van der Waals surface area contributed by atoms with Crippen LogP contribution in [0.4, 0.5) is 4.39 Å². The number of aliphatic imine (C=N–C) groups is 1. The quantitative estimate of drug-likeness (QED) is 0.527. The van der Waals surface area contributed by atoms with Crippen molar-refractivity contribution >= 4 is 5.84 Å². The molecule has 5 rings (SSSR count). The molecular formula is C23H18FN5O. The van der Waals surface area contributed by atoms with Gasteiger partial charge in [-0.25, -0.2) is 24.7 Å². The number of benzene rings is 2. The predicted octanol–water partition coefficient (Wildman–Crippen LogP) is 4.57. The van der Waals surface area contributed by atoms with Crippen LogP contribution in [0.5, 0.6) is 0 Å². The molecule has 0 aliphatic carbocycles. The van der Waals surface area contributed by atoms with Gasteiger partial charge in [-0.05, 0) is 49.4 Å². The zero-order chi connectivity index (χ0) is 20.5. The summed E-state index contributed by atoms with van der Waals surface area (Å²) in [6, 6.07) is 18.0. The van der Waals surface area contributed by atoms with Crippen molar-refractivity contribution in [1.82, 2.24) is 20.4 Å². The second-order valence-electron chi connectivity index (χ2n) is 6.93. The Kier molecular flexibility index (Phi) is 4.57. The van der Waals surface area contributed by atoms with Crippen LogP contribution in [0.2, 0.25) is 0 Å². The lowest BCUT2D eigenvalue weighted by molar-refractivity contribution is 0.0504. The van der Waals surface area contributed by atoms with E-state index < -0.39 is 0 Å². The number of rotatable bonds is 4. The van der Waals surface area contributed by atoms with E-state index in [0.29, 0.717) is 11.7 Å². The summed E-state index contributed by atoms with van der Waals surface area (Å²) in [5.41, 5.74) is 8.02. The Labute approximate surface area is 172 Å².